The second-order valence-electron chi connectivity index (χ2n) is 0.855. The van der Waals surface area contributed by atoms with Crippen LogP contribution in [0.2, 0.25) is 0 Å². The highest BCUT2D eigenvalue weighted by Crippen LogP contribution is 2.41. The quantitative estimate of drug-likeness (QED) is 0.285. The van der Waals surface area contributed by atoms with Gasteiger partial charge in [-0.25, -0.2) is 4.31 Å². The van der Waals surface area contributed by atoms with Crippen LogP contribution in [0, 0.1) is 0 Å². The zero-order chi connectivity index (χ0) is 9.44. The monoisotopic (exact) mass is 228 g/mol. The average molecular weight is 228 g/mol. The molecule has 0 aromatic carbocycles. The minimum Gasteiger partial charge on any atom is -0.328 e. The van der Waals surface area contributed by atoms with Gasteiger partial charge in [0.05, 0.1) is 0 Å². The summed E-state index contributed by atoms with van der Waals surface area (Å²) in [5.74, 6) is 0. The van der Waals surface area contributed by atoms with Crippen LogP contribution in [-0.2, 0) is 4.31 Å². The van der Waals surface area contributed by atoms with Gasteiger partial charge in [-0.3, -0.25) is 0 Å². The van der Waals surface area contributed by atoms with Crippen LogP contribution in [-0.4, -0.2) is 34.3 Å². The molecule has 8 nitrogen and oxygen atoms in total. The molecule has 0 aliphatic rings. The van der Waals surface area contributed by atoms with Crippen molar-refractivity contribution in [2.24, 2.45) is 0 Å². The van der Waals surface area contributed by atoms with Crippen LogP contribution in [0.4, 0.5) is 0 Å². The zero-order valence-electron chi connectivity index (χ0n) is 4.88. The van der Waals surface area contributed by atoms with Crippen LogP contribution in [0.3, 0.4) is 0 Å². The topological polar surface area (TPSA) is 151 Å². The van der Waals surface area contributed by atoms with Crippen LogP contribution >= 0.6 is 25.8 Å². The Labute approximate surface area is 65.3 Å². The maximum atomic E-state index is 7.82. The molecule has 0 aromatic heterocycles. The van der Waals surface area contributed by atoms with E-state index in [1.807, 2.05) is 0 Å². The Hall–Kier alpha value is 0.970. The van der Waals surface area contributed by atoms with Crippen molar-refractivity contribution in [2.45, 2.75) is 0 Å². The van der Waals surface area contributed by atoms with Gasteiger partial charge in [-0.05, 0) is 0 Å². The SMILES string of the molecule is OP(O)O.OP(O)OP(O)O. The van der Waals surface area contributed by atoms with Crippen molar-refractivity contribution < 1.29 is 38.6 Å². The molecule has 0 saturated carbocycles. The molecular formula is H7O8P3. The van der Waals surface area contributed by atoms with Gasteiger partial charge >= 0.3 is 25.8 Å². The maximum absolute atomic E-state index is 7.82. The van der Waals surface area contributed by atoms with Crippen LogP contribution in [0.5, 0.6) is 0 Å². The predicted molar refractivity (Wildman–Crippen MR) is 37.4 cm³/mol. The first-order chi connectivity index (χ1) is 4.86. The summed E-state index contributed by atoms with van der Waals surface area (Å²) in [6.45, 7) is 0. The molecule has 0 bridgehead atoms. The van der Waals surface area contributed by atoms with Gasteiger partial charge in [0.25, 0.3) is 0 Å². The minimum atomic E-state index is -2.62. The van der Waals surface area contributed by atoms with Crippen molar-refractivity contribution in [1.82, 2.24) is 0 Å². The van der Waals surface area contributed by atoms with Gasteiger partial charge in [0, 0.05) is 0 Å². The fraction of sp³-hybridized carbons (Fsp3) is 0. The maximum Gasteiger partial charge on any atom is 0.334 e. The minimum absolute atomic E-state index is 2.61. The average Bonchev–Trinajstić information content (AvgIpc) is 1.56. The summed E-state index contributed by atoms with van der Waals surface area (Å²) in [5.41, 5.74) is 0. The van der Waals surface area contributed by atoms with Gasteiger partial charge < -0.3 is 34.3 Å². The number of rotatable bonds is 2. The standard InChI is InChI=1S/H4O5P2.H3O3P/c1-6(2)5-7(3)4;1-4(2)3/h1-4H;1-3H. The molecule has 0 radical (unpaired) electrons. The van der Waals surface area contributed by atoms with Gasteiger partial charge in [0.15, 0.2) is 0 Å². The number of hydrogen-bond acceptors (Lipinski definition) is 8. The molecule has 70 valence electrons. The summed E-state index contributed by atoms with van der Waals surface area (Å²) in [7, 11) is -7.84. The van der Waals surface area contributed by atoms with E-state index in [4.69, 9.17) is 34.3 Å². The van der Waals surface area contributed by atoms with Crippen LogP contribution in [0.15, 0.2) is 0 Å². The molecule has 7 N–H and O–H groups in total. The van der Waals surface area contributed by atoms with E-state index in [1.165, 1.54) is 0 Å². The van der Waals surface area contributed by atoms with Crippen molar-refractivity contribution in [1.29, 1.82) is 0 Å². The molecule has 0 aliphatic carbocycles. The molecule has 0 heterocycles. The molecule has 11 heavy (non-hydrogen) atoms. The summed E-state index contributed by atoms with van der Waals surface area (Å²) >= 11 is 0. The van der Waals surface area contributed by atoms with Crippen LogP contribution in [0.1, 0.15) is 0 Å². The lowest BCUT2D eigenvalue weighted by atomic mass is 15.7. The fourth-order valence-corrected chi connectivity index (χ4v) is 0.588. The third kappa shape index (κ3) is 35.7. The second-order valence-corrected chi connectivity index (χ2v) is 3.06. The van der Waals surface area contributed by atoms with E-state index in [9.17, 15) is 0 Å². The van der Waals surface area contributed by atoms with Crippen molar-refractivity contribution in [2.75, 3.05) is 0 Å². The Kier molecular flexibility index (Phi) is 11.9. The summed E-state index contributed by atoms with van der Waals surface area (Å²) in [6.07, 6.45) is 0. The lowest BCUT2D eigenvalue weighted by Gasteiger charge is -2.00. The third-order valence-corrected chi connectivity index (χ3v) is 1.31. The fourth-order valence-electron chi connectivity index (χ4n) is 0.0653. The number of hydrogen-bond donors (Lipinski definition) is 7. The van der Waals surface area contributed by atoms with Gasteiger partial charge in [-0.2, -0.15) is 0 Å². The predicted octanol–water partition coefficient (Wildman–Crippen LogP) is -1.38. The molecule has 0 aliphatic heterocycles. The first-order valence-corrected chi connectivity index (χ1v) is 5.30. The molecule has 0 amide bonds. The first-order valence-electron chi connectivity index (χ1n) is 1.77. The molecule has 0 rings (SSSR count). The van der Waals surface area contributed by atoms with E-state index in [0.717, 1.165) is 0 Å². The van der Waals surface area contributed by atoms with Gasteiger partial charge in [-0.1, -0.05) is 0 Å². The molecular weight excluding hydrogens is 221 g/mol. The second kappa shape index (κ2) is 9.06. The van der Waals surface area contributed by atoms with E-state index in [0.29, 0.717) is 0 Å². The Morgan fingerprint density at radius 3 is 0.818 bits per heavy atom. The zero-order valence-corrected chi connectivity index (χ0v) is 7.56. The van der Waals surface area contributed by atoms with Crippen molar-refractivity contribution in [3.8, 4) is 0 Å². The highest BCUT2D eigenvalue weighted by Gasteiger charge is 2.05. The normalized spacial score (nSPS) is 10.4. The highest BCUT2D eigenvalue weighted by molar-refractivity contribution is 7.53. The molecule has 0 saturated heterocycles. The Balaban J connectivity index is 0. The van der Waals surface area contributed by atoms with Gasteiger partial charge in [0.1, 0.15) is 0 Å². The lowest BCUT2D eigenvalue weighted by Crippen LogP contribution is -1.73. The summed E-state index contributed by atoms with van der Waals surface area (Å²) < 4.78 is 3.60. The van der Waals surface area contributed by atoms with Gasteiger partial charge in [0.2, 0.25) is 0 Å². The van der Waals surface area contributed by atoms with Crippen LogP contribution < -0.4 is 0 Å². The smallest absolute Gasteiger partial charge is 0.328 e. The summed E-state index contributed by atoms with van der Waals surface area (Å²) in [5, 5.41) is 0. The molecule has 0 fully saturated rings. The van der Waals surface area contributed by atoms with E-state index >= 15 is 0 Å². The van der Waals surface area contributed by atoms with Crippen LogP contribution in [0.25, 0.3) is 0 Å². The van der Waals surface area contributed by atoms with E-state index in [1.54, 1.807) is 0 Å². The van der Waals surface area contributed by atoms with E-state index in [2.05, 4.69) is 4.31 Å². The van der Waals surface area contributed by atoms with Gasteiger partial charge in [-0.15, -0.1) is 0 Å². The third-order valence-electron chi connectivity index (χ3n) is 0.146. The van der Waals surface area contributed by atoms with E-state index < -0.39 is 25.8 Å². The largest absolute Gasteiger partial charge is 0.334 e. The van der Waals surface area contributed by atoms with Crippen molar-refractivity contribution >= 4 is 25.8 Å². The summed E-state index contributed by atoms with van der Waals surface area (Å²) in [6, 6.07) is 0. The van der Waals surface area contributed by atoms with E-state index in [-0.39, 0.29) is 0 Å². The molecule has 0 atom stereocenters. The van der Waals surface area contributed by atoms with Crippen molar-refractivity contribution in [3.63, 3.8) is 0 Å². The Morgan fingerprint density at radius 2 is 0.818 bits per heavy atom. The first kappa shape index (κ1) is 14.5. The molecule has 11 heteroatoms. The highest BCUT2D eigenvalue weighted by atomic mass is 31.2. The molecule has 0 unspecified atom stereocenters. The Bertz CT molecular complexity index is 61.0. The molecule has 0 aromatic rings. The lowest BCUT2D eigenvalue weighted by molar-refractivity contribution is 0.324. The summed E-state index contributed by atoms with van der Waals surface area (Å²) in [4.78, 5) is 53.0. The molecule has 0 spiro atoms. The Morgan fingerprint density at radius 1 is 0.636 bits per heavy atom. The van der Waals surface area contributed by atoms with Crippen molar-refractivity contribution in [3.05, 3.63) is 0 Å².